The number of rotatable bonds is 7. The Balaban J connectivity index is 2.41. The maximum atomic E-state index is 13.5. The van der Waals surface area contributed by atoms with E-state index >= 15 is 0 Å². The quantitative estimate of drug-likeness (QED) is 0.612. The number of hydrogen-bond donors (Lipinski definition) is 1. The van der Waals surface area contributed by atoms with Crippen LogP contribution in [0.5, 0.6) is 0 Å². The summed E-state index contributed by atoms with van der Waals surface area (Å²) in [5.74, 6) is -0.468. The average Bonchev–Trinajstić information content (AvgIpc) is 2.70. The van der Waals surface area contributed by atoms with E-state index in [2.05, 4.69) is 26.1 Å². The number of halogens is 1. The van der Waals surface area contributed by atoms with Gasteiger partial charge in [0.25, 0.3) is 5.91 Å². The van der Waals surface area contributed by atoms with E-state index in [1.54, 1.807) is 6.07 Å². The number of amides is 2. The van der Waals surface area contributed by atoms with E-state index < -0.39 is 11.2 Å². The molecule has 0 aliphatic rings. The fourth-order valence-electron chi connectivity index (χ4n) is 3.43. The molecule has 0 unspecified atom stereocenters. The molecule has 1 N–H and O–H groups in total. The molecule has 0 fully saturated rings. The van der Waals surface area contributed by atoms with Crippen molar-refractivity contribution in [2.45, 2.75) is 54.1 Å². The van der Waals surface area contributed by atoms with Gasteiger partial charge in [0.05, 0.1) is 0 Å². The Hall–Kier alpha value is -2.89. The molecular formula is C26H36FN3O2. The number of carbonyl (C=O) groups is 2. The summed E-state index contributed by atoms with van der Waals surface area (Å²) in [5.41, 5.74) is 2.24. The number of nitrogens with one attached hydrogen (secondary N) is 1. The molecule has 0 aliphatic heterocycles. The van der Waals surface area contributed by atoms with Gasteiger partial charge in [-0.2, -0.15) is 0 Å². The molecule has 5 nitrogen and oxygen atoms in total. The molecule has 0 saturated carbocycles. The molecule has 2 amide bonds. The highest BCUT2D eigenvalue weighted by Crippen LogP contribution is 2.29. The molecule has 0 bridgehead atoms. The lowest BCUT2D eigenvalue weighted by Crippen LogP contribution is -2.46. The predicted octanol–water partition coefficient (Wildman–Crippen LogP) is 5.56. The summed E-state index contributed by atoms with van der Waals surface area (Å²) in [6.45, 7) is 12.5. The average molecular weight is 442 g/mol. The standard InChI is InChI=1S/C26H36FN3O2/c1-17(2)18(3)30(25(32)26(4,5)6)16-20-15-22(12-13-23(20)29(7)8)28-24(31)19-10-9-11-21(27)14-19/h9-15,17-18H,16H2,1-8H3,(H,28,31)/t18-/m0/s1. The minimum atomic E-state index is -0.509. The molecule has 0 aliphatic carbocycles. The van der Waals surface area contributed by atoms with Gasteiger partial charge in [-0.1, -0.05) is 40.7 Å². The minimum Gasteiger partial charge on any atom is -0.377 e. The molecule has 1 atom stereocenters. The van der Waals surface area contributed by atoms with E-state index in [1.807, 2.05) is 62.9 Å². The van der Waals surface area contributed by atoms with Crippen molar-refractivity contribution < 1.29 is 14.0 Å². The first kappa shape index (κ1) is 25.4. The van der Waals surface area contributed by atoms with Gasteiger partial charge in [-0.15, -0.1) is 0 Å². The molecule has 0 saturated heterocycles. The number of anilines is 2. The molecule has 0 heterocycles. The highest BCUT2D eigenvalue weighted by atomic mass is 19.1. The number of hydrogen-bond acceptors (Lipinski definition) is 3. The van der Waals surface area contributed by atoms with E-state index in [1.165, 1.54) is 18.2 Å². The van der Waals surface area contributed by atoms with Crippen LogP contribution in [0.4, 0.5) is 15.8 Å². The number of carbonyl (C=O) groups excluding carboxylic acids is 2. The summed E-state index contributed by atoms with van der Waals surface area (Å²) in [6.07, 6.45) is 0. The molecular weight excluding hydrogens is 405 g/mol. The second-order valence-electron chi connectivity index (χ2n) is 9.87. The monoisotopic (exact) mass is 441 g/mol. The van der Waals surface area contributed by atoms with E-state index in [0.717, 1.165) is 11.3 Å². The highest BCUT2D eigenvalue weighted by Gasteiger charge is 2.32. The second kappa shape index (κ2) is 10.2. The van der Waals surface area contributed by atoms with E-state index in [0.29, 0.717) is 18.2 Å². The summed E-state index contributed by atoms with van der Waals surface area (Å²) in [6, 6.07) is 11.3. The molecule has 6 heteroatoms. The zero-order chi connectivity index (χ0) is 24.2. The molecule has 32 heavy (non-hydrogen) atoms. The van der Waals surface area contributed by atoms with Crippen LogP contribution in [-0.2, 0) is 11.3 Å². The second-order valence-corrected chi connectivity index (χ2v) is 9.87. The Bertz CT molecular complexity index is 964. The van der Waals surface area contributed by atoms with Crippen molar-refractivity contribution in [1.82, 2.24) is 4.90 Å². The van der Waals surface area contributed by atoms with Crippen molar-refractivity contribution in [2.24, 2.45) is 11.3 Å². The Morgan fingerprint density at radius 3 is 2.22 bits per heavy atom. The van der Waals surface area contributed by atoms with Crippen LogP contribution < -0.4 is 10.2 Å². The van der Waals surface area contributed by atoms with Crippen LogP contribution >= 0.6 is 0 Å². The minimum absolute atomic E-state index is 0.0438. The summed E-state index contributed by atoms with van der Waals surface area (Å²) >= 11 is 0. The normalized spacial score (nSPS) is 12.4. The van der Waals surface area contributed by atoms with Crippen LogP contribution in [-0.4, -0.2) is 36.9 Å². The van der Waals surface area contributed by atoms with E-state index in [9.17, 15) is 14.0 Å². The first-order chi connectivity index (χ1) is 14.8. The molecule has 0 radical (unpaired) electrons. The van der Waals surface area contributed by atoms with Gasteiger partial charge < -0.3 is 15.1 Å². The van der Waals surface area contributed by atoms with Crippen molar-refractivity contribution in [2.75, 3.05) is 24.3 Å². The smallest absolute Gasteiger partial charge is 0.255 e. The topological polar surface area (TPSA) is 52.7 Å². The fraction of sp³-hybridized carbons (Fsp3) is 0.462. The lowest BCUT2D eigenvalue weighted by Gasteiger charge is -2.37. The first-order valence-electron chi connectivity index (χ1n) is 11.0. The van der Waals surface area contributed by atoms with Crippen LogP contribution in [0.2, 0.25) is 0 Å². The maximum absolute atomic E-state index is 13.5. The summed E-state index contributed by atoms with van der Waals surface area (Å²) in [7, 11) is 3.90. The third-order valence-electron chi connectivity index (χ3n) is 5.61. The van der Waals surface area contributed by atoms with E-state index in [-0.39, 0.29) is 23.4 Å². The van der Waals surface area contributed by atoms with Gasteiger partial charge >= 0.3 is 0 Å². The highest BCUT2D eigenvalue weighted by molar-refractivity contribution is 6.04. The van der Waals surface area contributed by atoms with Crippen LogP contribution in [0, 0.1) is 17.2 Å². The Morgan fingerprint density at radius 2 is 1.69 bits per heavy atom. The third-order valence-corrected chi connectivity index (χ3v) is 5.61. The van der Waals surface area contributed by atoms with Gasteiger partial charge in [-0.05, 0) is 54.8 Å². The molecule has 0 spiro atoms. The summed E-state index contributed by atoms with van der Waals surface area (Å²) in [4.78, 5) is 29.8. The molecule has 2 rings (SSSR count). The van der Waals surface area contributed by atoms with Gasteiger partial charge in [0.15, 0.2) is 0 Å². The van der Waals surface area contributed by atoms with Crippen molar-refractivity contribution in [3.8, 4) is 0 Å². The number of nitrogens with zero attached hydrogens (tertiary/aromatic N) is 2. The largest absolute Gasteiger partial charge is 0.377 e. The van der Waals surface area contributed by atoms with Crippen molar-refractivity contribution >= 4 is 23.2 Å². The van der Waals surface area contributed by atoms with Gasteiger partial charge in [0.1, 0.15) is 5.82 Å². The van der Waals surface area contributed by atoms with Crippen LogP contribution in [0.15, 0.2) is 42.5 Å². The SMILES string of the molecule is CC(C)[C@H](C)N(Cc1cc(NC(=O)c2cccc(F)c2)ccc1N(C)C)C(=O)C(C)(C)C. The molecule has 2 aromatic carbocycles. The fourth-order valence-corrected chi connectivity index (χ4v) is 3.43. The van der Waals surface area contributed by atoms with Gasteiger partial charge in [0, 0.05) is 49.0 Å². The molecule has 2 aromatic rings. The van der Waals surface area contributed by atoms with Crippen LogP contribution in [0.25, 0.3) is 0 Å². The number of benzene rings is 2. The van der Waals surface area contributed by atoms with Crippen molar-refractivity contribution in [1.29, 1.82) is 0 Å². The van der Waals surface area contributed by atoms with Crippen LogP contribution in [0.1, 0.15) is 57.5 Å². The van der Waals surface area contributed by atoms with Gasteiger partial charge in [-0.3, -0.25) is 9.59 Å². The zero-order valence-electron chi connectivity index (χ0n) is 20.5. The summed E-state index contributed by atoms with van der Waals surface area (Å²) in [5, 5.41) is 2.85. The predicted molar refractivity (Wildman–Crippen MR) is 129 cm³/mol. The first-order valence-corrected chi connectivity index (χ1v) is 11.0. The lowest BCUT2D eigenvalue weighted by molar-refractivity contribution is -0.143. The van der Waals surface area contributed by atoms with E-state index in [4.69, 9.17) is 0 Å². The maximum Gasteiger partial charge on any atom is 0.255 e. The van der Waals surface area contributed by atoms with Crippen molar-refractivity contribution in [3.63, 3.8) is 0 Å². The zero-order valence-corrected chi connectivity index (χ0v) is 20.5. The molecule has 174 valence electrons. The molecule has 0 aromatic heterocycles. The Kier molecular flexibility index (Phi) is 8.05. The lowest BCUT2D eigenvalue weighted by atomic mass is 9.92. The summed E-state index contributed by atoms with van der Waals surface area (Å²) < 4.78 is 13.5. The van der Waals surface area contributed by atoms with Crippen LogP contribution in [0.3, 0.4) is 0 Å². The van der Waals surface area contributed by atoms with Gasteiger partial charge in [-0.25, -0.2) is 4.39 Å². The van der Waals surface area contributed by atoms with Crippen molar-refractivity contribution in [3.05, 3.63) is 59.4 Å². The Morgan fingerprint density at radius 1 is 1.03 bits per heavy atom. The Labute approximate surface area is 191 Å². The third kappa shape index (κ3) is 6.31. The van der Waals surface area contributed by atoms with Gasteiger partial charge in [0.2, 0.25) is 5.91 Å².